The van der Waals surface area contributed by atoms with Gasteiger partial charge in [0, 0.05) is 0 Å². The average molecular weight is 262 g/mol. The third-order valence-corrected chi connectivity index (χ3v) is 7.97. The molecule has 0 aliphatic rings. The lowest BCUT2D eigenvalue weighted by molar-refractivity contribution is 0.272. The Morgan fingerprint density at radius 3 is 2.44 bits per heavy atom. The van der Waals surface area contributed by atoms with Crippen LogP contribution in [0.4, 0.5) is 0 Å². The molecule has 0 unspecified atom stereocenters. The SMILES string of the molecule is [C-]#[N+]Cc1cccc(CO[Si](C)(C)C(C)(C)C)n1. The van der Waals surface area contributed by atoms with Crippen LogP contribution in [0.15, 0.2) is 18.2 Å². The number of hydrogen-bond donors (Lipinski definition) is 0. The molecule has 4 heteroatoms. The number of rotatable bonds is 4. The predicted octanol–water partition coefficient (Wildman–Crippen LogP) is 4.02. The fourth-order valence-electron chi connectivity index (χ4n) is 1.25. The number of hydrogen-bond acceptors (Lipinski definition) is 2. The Bertz CT molecular complexity index is 444. The summed E-state index contributed by atoms with van der Waals surface area (Å²) >= 11 is 0. The molecule has 3 nitrogen and oxygen atoms in total. The zero-order chi connectivity index (χ0) is 13.8. The molecule has 98 valence electrons. The largest absolute Gasteiger partial charge is 0.411 e. The number of aromatic nitrogens is 1. The zero-order valence-corrected chi connectivity index (χ0v) is 12.9. The second-order valence-corrected chi connectivity index (χ2v) is 10.8. The first-order valence-corrected chi connectivity index (χ1v) is 9.09. The highest BCUT2D eigenvalue weighted by Crippen LogP contribution is 2.36. The van der Waals surface area contributed by atoms with Crippen molar-refractivity contribution in [1.82, 2.24) is 4.98 Å². The normalized spacial score (nSPS) is 12.2. The maximum Gasteiger partial charge on any atom is 0.256 e. The summed E-state index contributed by atoms with van der Waals surface area (Å²) in [6.07, 6.45) is 0. The van der Waals surface area contributed by atoms with E-state index in [-0.39, 0.29) is 5.04 Å². The van der Waals surface area contributed by atoms with Crippen molar-refractivity contribution in [3.05, 3.63) is 41.0 Å². The van der Waals surface area contributed by atoms with Crippen molar-refractivity contribution in [2.24, 2.45) is 0 Å². The molecule has 0 bridgehead atoms. The molecule has 0 N–H and O–H groups in total. The molecule has 0 fully saturated rings. The third-order valence-electron chi connectivity index (χ3n) is 3.49. The van der Waals surface area contributed by atoms with Crippen LogP contribution in [0.1, 0.15) is 32.2 Å². The Labute approximate surface area is 111 Å². The van der Waals surface area contributed by atoms with Gasteiger partial charge in [0.05, 0.1) is 12.3 Å². The molecule has 0 saturated heterocycles. The standard InChI is InChI=1S/C14H22N2OSi/c1-14(2,3)18(5,6)17-11-13-9-7-8-12(16-13)10-15-4/h7-9H,10-11H2,1-3,5-6H3. The summed E-state index contributed by atoms with van der Waals surface area (Å²) in [6.45, 7) is 18.9. The topological polar surface area (TPSA) is 26.5 Å². The van der Waals surface area contributed by atoms with Gasteiger partial charge in [0.2, 0.25) is 0 Å². The van der Waals surface area contributed by atoms with Gasteiger partial charge in [-0.25, -0.2) is 11.6 Å². The van der Waals surface area contributed by atoms with Crippen LogP contribution in [0.5, 0.6) is 0 Å². The maximum absolute atomic E-state index is 6.85. The van der Waals surface area contributed by atoms with E-state index in [4.69, 9.17) is 11.0 Å². The van der Waals surface area contributed by atoms with Gasteiger partial charge in [-0.05, 0) is 30.3 Å². The fourth-order valence-corrected chi connectivity index (χ4v) is 2.19. The summed E-state index contributed by atoms with van der Waals surface area (Å²) in [7, 11) is -1.72. The van der Waals surface area contributed by atoms with Gasteiger partial charge in [0.1, 0.15) is 5.69 Å². The van der Waals surface area contributed by atoms with Gasteiger partial charge < -0.3 is 9.27 Å². The van der Waals surface area contributed by atoms with E-state index >= 15 is 0 Å². The van der Waals surface area contributed by atoms with E-state index in [9.17, 15) is 0 Å². The van der Waals surface area contributed by atoms with Crippen molar-refractivity contribution in [3.63, 3.8) is 0 Å². The molecular formula is C14H22N2OSi. The summed E-state index contributed by atoms with van der Waals surface area (Å²) in [4.78, 5) is 7.78. The molecule has 0 aliphatic carbocycles. The molecule has 1 aromatic heterocycles. The van der Waals surface area contributed by atoms with Crippen molar-refractivity contribution < 1.29 is 4.43 Å². The Morgan fingerprint density at radius 1 is 1.28 bits per heavy atom. The second-order valence-electron chi connectivity index (χ2n) is 5.99. The highest BCUT2D eigenvalue weighted by molar-refractivity contribution is 6.74. The Balaban J connectivity index is 2.70. The highest BCUT2D eigenvalue weighted by atomic mass is 28.4. The van der Waals surface area contributed by atoms with Crippen LogP contribution in [0.2, 0.25) is 18.1 Å². The van der Waals surface area contributed by atoms with Crippen LogP contribution in [-0.4, -0.2) is 13.3 Å². The van der Waals surface area contributed by atoms with E-state index in [0.717, 1.165) is 11.4 Å². The van der Waals surface area contributed by atoms with Gasteiger partial charge in [0.15, 0.2) is 8.32 Å². The van der Waals surface area contributed by atoms with Crippen LogP contribution in [0.25, 0.3) is 4.85 Å². The molecule has 0 aliphatic heterocycles. The van der Waals surface area contributed by atoms with Gasteiger partial charge in [-0.2, -0.15) is 0 Å². The van der Waals surface area contributed by atoms with Gasteiger partial charge in [-0.15, -0.1) is 0 Å². The quantitative estimate of drug-likeness (QED) is 0.605. The molecule has 0 atom stereocenters. The lowest BCUT2D eigenvalue weighted by Gasteiger charge is -2.36. The van der Waals surface area contributed by atoms with E-state index < -0.39 is 8.32 Å². The van der Waals surface area contributed by atoms with Gasteiger partial charge in [-0.1, -0.05) is 26.8 Å². The first kappa shape index (κ1) is 14.9. The minimum atomic E-state index is -1.72. The van der Waals surface area contributed by atoms with Crippen LogP contribution in [-0.2, 0) is 17.6 Å². The molecule has 0 amide bonds. The van der Waals surface area contributed by atoms with Crippen LogP contribution < -0.4 is 0 Å². The lowest BCUT2D eigenvalue weighted by Crippen LogP contribution is -2.40. The summed E-state index contributed by atoms with van der Waals surface area (Å²) < 4.78 is 6.11. The summed E-state index contributed by atoms with van der Waals surface area (Å²) in [6, 6.07) is 5.78. The minimum absolute atomic E-state index is 0.209. The molecule has 0 saturated carbocycles. The molecule has 1 aromatic rings. The van der Waals surface area contributed by atoms with Crippen molar-refractivity contribution in [2.75, 3.05) is 0 Å². The average Bonchev–Trinajstić information content (AvgIpc) is 2.26. The van der Waals surface area contributed by atoms with E-state index in [1.54, 1.807) is 0 Å². The van der Waals surface area contributed by atoms with Crippen molar-refractivity contribution >= 4 is 8.32 Å². The Hall–Kier alpha value is -1.18. The minimum Gasteiger partial charge on any atom is -0.411 e. The van der Waals surface area contributed by atoms with Crippen LogP contribution in [0, 0.1) is 6.57 Å². The van der Waals surface area contributed by atoms with Gasteiger partial charge in [-0.3, -0.25) is 0 Å². The van der Waals surface area contributed by atoms with Gasteiger partial charge >= 0.3 is 0 Å². The third kappa shape index (κ3) is 3.93. The van der Waals surface area contributed by atoms with Crippen molar-refractivity contribution in [1.29, 1.82) is 0 Å². The Morgan fingerprint density at radius 2 is 1.89 bits per heavy atom. The van der Waals surface area contributed by atoms with E-state index in [1.807, 2.05) is 18.2 Å². The monoisotopic (exact) mass is 262 g/mol. The summed E-state index contributed by atoms with van der Waals surface area (Å²) in [5.41, 5.74) is 1.74. The maximum atomic E-state index is 6.85. The molecule has 0 aromatic carbocycles. The zero-order valence-electron chi connectivity index (χ0n) is 11.9. The van der Waals surface area contributed by atoms with E-state index in [2.05, 4.69) is 43.7 Å². The lowest BCUT2D eigenvalue weighted by atomic mass is 10.2. The van der Waals surface area contributed by atoms with Crippen LogP contribution >= 0.6 is 0 Å². The highest BCUT2D eigenvalue weighted by Gasteiger charge is 2.37. The van der Waals surface area contributed by atoms with Crippen molar-refractivity contribution in [3.8, 4) is 0 Å². The van der Waals surface area contributed by atoms with E-state index in [1.165, 1.54) is 0 Å². The van der Waals surface area contributed by atoms with E-state index in [0.29, 0.717) is 13.2 Å². The second kappa shape index (κ2) is 5.64. The molecule has 0 spiro atoms. The number of nitrogens with zero attached hydrogens (tertiary/aromatic N) is 2. The first-order chi connectivity index (χ1) is 8.26. The smallest absolute Gasteiger partial charge is 0.256 e. The van der Waals surface area contributed by atoms with Crippen LogP contribution in [0.3, 0.4) is 0 Å². The summed E-state index contributed by atoms with van der Waals surface area (Å²) in [5.74, 6) is 0. The predicted molar refractivity (Wildman–Crippen MR) is 76.5 cm³/mol. The summed E-state index contributed by atoms with van der Waals surface area (Å²) in [5, 5.41) is 0.209. The van der Waals surface area contributed by atoms with Gasteiger partial charge in [0.25, 0.3) is 6.54 Å². The molecule has 1 heterocycles. The fraction of sp³-hybridized carbons (Fsp3) is 0.571. The molecule has 18 heavy (non-hydrogen) atoms. The number of pyridine rings is 1. The van der Waals surface area contributed by atoms with Crippen molar-refractivity contribution in [2.45, 2.75) is 52.1 Å². The molecule has 1 rings (SSSR count). The molecular weight excluding hydrogens is 240 g/mol. The molecule has 0 radical (unpaired) electrons. The first-order valence-electron chi connectivity index (χ1n) is 6.18. The Kier molecular flexibility index (Phi) is 4.66.